The first-order valence-electron chi connectivity index (χ1n) is 7.42. The molecule has 0 spiro atoms. The standard InChI is InChI=1S/C17H24N2O2S/c1-13-4-6-14(7-5-13)16-19-15(11-22-16)10-18-17(2,8-9-20)12-21-3/h4-7,11,18,20H,8-10,12H2,1-3H3. The normalized spacial score (nSPS) is 14.0. The molecule has 1 heterocycles. The number of rotatable bonds is 8. The second kappa shape index (κ2) is 7.83. The molecule has 0 radical (unpaired) electrons. The lowest BCUT2D eigenvalue weighted by atomic mass is 9.99. The van der Waals surface area contributed by atoms with Gasteiger partial charge in [0.2, 0.25) is 0 Å². The lowest BCUT2D eigenvalue weighted by Gasteiger charge is -2.29. The molecule has 1 atom stereocenters. The van der Waals surface area contributed by atoms with Gasteiger partial charge in [0.05, 0.1) is 12.3 Å². The van der Waals surface area contributed by atoms with Crippen LogP contribution >= 0.6 is 11.3 Å². The number of hydrogen-bond donors (Lipinski definition) is 2. The summed E-state index contributed by atoms with van der Waals surface area (Å²) in [6.07, 6.45) is 0.649. The van der Waals surface area contributed by atoms with E-state index in [1.807, 2.05) is 0 Å². The van der Waals surface area contributed by atoms with Gasteiger partial charge in [0.25, 0.3) is 0 Å². The maximum absolute atomic E-state index is 9.19. The Labute approximate surface area is 136 Å². The number of nitrogens with zero attached hydrogens (tertiary/aromatic N) is 1. The number of aliphatic hydroxyl groups excluding tert-OH is 1. The lowest BCUT2D eigenvalue weighted by Crippen LogP contribution is -2.46. The van der Waals surface area contributed by atoms with Crippen LogP contribution in [0.25, 0.3) is 10.6 Å². The molecular formula is C17H24N2O2S. The smallest absolute Gasteiger partial charge is 0.123 e. The fourth-order valence-electron chi connectivity index (χ4n) is 2.30. The third-order valence-corrected chi connectivity index (χ3v) is 4.61. The van der Waals surface area contributed by atoms with Crippen LogP contribution in [0, 0.1) is 6.92 Å². The molecule has 0 bridgehead atoms. The summed E-state index contributed by atoms with van der Waals surface area (Å²) in [6, 6.07) is 8.41. The number of nitrogens with one attached hydrogen (secondary N) is 1. The summed E-state index contributed by atoms with van der Waals surface area (Å²) in [5, 5.41) is 15.8. The molecule has 0 aliphatic heterocycles. The number of methoxy groups -OCH3 is 1. The van der Waals surface area contributed by atoms with Gasteiger partial charge in [0.15, 0.2) is 0 Å². The third-order valence-electron chi connectivity index (χ3n) is 3.67. The number of benzene rings is 1. The largest absolute Gasteiger partial charge is 0.396 e. The van der Waals surface area contributed by atoms with E-state index in [9.17, 15) is 5.11 Å². The maximum Gasteiger partial charge on any atom is 0.123 e. The number of thiazole rings is 1. The first kappa shape index (κ1) is 17.1. The van der Waals surface area contributed by atoms with E-state index in [0.717, 1.165) is 16.3 Å². The molecular weight excluding hydrogens is 296 g/mol. The van der Waals surface area contributed by atoms with Gasteiger partial charge in [0, 0.05) is 36.7 Å². The van der Waals surface area contributed by atoms with E-state index < -0.39 is 0 Å². The molecule has 2 rings (SSSR count). The van der Waals surface area contributed by atoms with Crippen LogP contribution in [0.5, 0.6) is 0 Å². The van der Waals surface area contributed by atoms with Crippen LogP contribution in [0.15, 0.2) is 29.6 Å². The van der Waals surface area contributed by atoms with Gasteiger partial charge in [0.1, 0.15) is 5.01 Å². The highest BCUT2D eigenvalue weighted by atomic mass is 32.1. The Hall–Kier alpha value is -1.27. The molecule has 1 aromatic heterocycles. The topological polar surface area (TPSA) is 54.4 Å². The number of hydrogen-bond acceptors (Lipinski definition) is 5. The monoisotopic (exact) mass is 320 g/mol. The molecule has 2 N–H and O–H groups in total. The van der Waals surface area contributed by atoms with Crippen LogP contribution in [-0.2, 0) is 11.3 Å². The van der Waals surface area contributed by atoms with Gasteiger partial charge >= 0.3 is 0 Å². The quantitative estimate of drug-likeness (QED) is 0.785. The fraction of sp³-hybridized carbons (Fsp3) is 0.471. The Balaban J connectivity index is 2.01. The molecule has 0 saturated carbocycles. The molecule has 0 aliphatic carbocycles. The maximum atomic E-state index is 9.19. The van der Waals surface area contributed by atoms with Crippen molar-refractivity contribution in [2.45, 2.75) is 32.4 Å². The van der Waals surface area contributed by atoms with Gasteiger partial charge in [-0.05, 0) is 20.3 Å². The number of aromatic nitrogens is 1. The first-order chi connectivity index (χ1) is 10.6. The molecule has 5 heteroatoms. The van der Waals surface area contributed by atoms with Gasteiger partial charge in [-0.25, -0.2) is 4.98 Å². The Morgan fingerprint density at radius 2 is 2.05 bits per heavy atom. The summed E-state index contributed by atoms with van der Waals surface area (Å²) in [4.78, 5) is 4.69. The summed E-state index contributed by atoms with van der Waals surface area (Å²) >= 11 is 1.65. The molecule has 120 valence electrons. The second-order valence-electron chi connectivity index (χ2n) is 5.83. The highest BCUT2D eigenvalue weighted by Gasteiger charge is 2.23. The molecule has 0 fully saturated rings. The van der Waals surface area contributed by atoms with Crippen molar-refractivity contribution in [2.75, 3.05) is 20.3 Å². The zero-order valence-electron chi connectivity index (χ0n) is 13.4. The van der Waals surface area contributed by atoms with Crippen molar-refractivity contribution >= 4 is 11.3 Å². The van der Waals surface area contributed by atoms with E-state index in [0.29, 0.717) is 19.6 Å². The Kier molecular flexibility index (Phi) is 6.08. The van der Waals surface area contributed by atoms with Gasteiger partial charge in [-0.3, -0.25) is 0 Å². The van der Waals surface area contributed by atoms with E-state index in [2.05, 4.69) is 53.8 Å². The van der Waals surface area contributed by atoms with Crippen molar-refractivity contribution in [1.82, 2.24) is 10.3 Å². The second-order valence-corrected chi connectivity index (χ2v) is 6.69. The first-order valence-corrected chi connectivity index (χ1v) is 8.30. The number of aliphatic hydroxyl groups is 1. The molecule has 2 aromatic rings. The van der Waals surface area contributed by atoms with Crippen molar-refractivity contribution in [2.24, 2.45) is 0 Å². The molecule has 1 unspecified atom stereocenters. The third kappa shape index (κ3) is 4.61. The highest BCUT2D eigenvalue weighted by Crippen LogP contribution is 2.24. The van der Waals surface area contributed by atoms with E-state index in [1.54, 1.807) is 18.4 Å². The number of ether oxygens (including phenoxy) is 1. The number of aryl methyl sites for hydroxylation is 1. The van der Waals surface area contributed by atoms with Crippen LogP contribution in [0.2, 0.25) is 0 Å². The van der Waals surface area contributed by atoms with Crippen LogP contribution < -0.4 is 5.32 Å². The summed E-state index contributed by atoms with van der Waals surface area (Å²) in [5.74, 6) is 0. The van der Waals surface area contributed by atoms with Crippen LogP contribution in [0.3, 0.4) is 0 Å². The van der Waals surface area contributed by atoms with Gasteiger partial charge in [-0.1, -0.05) is 29.8 Å². The van der Waals surface area contributed by atoms with Crippen LogP contribution in [0.4, 0.5) is 0 Å². The van der Waals surface area contributed by atoms with Gasteiger partial charge in [-0.2, -0.15) is 0 Å². The van der Waals surface area contributed by atoms with E-state index >= 15 is 0 Å². The van der Waals surface area contributed by atoms with Crippen LogP contribution in [-0.4, -0.2) is 36.0 Å². The van der Waals surface area contributed by atoms with Crippen molar-refractivity contribution in [3.63, 3.8) is 0 Å². The van der Waals surface area contributed by atoms with Crippen molar-refractivity contribution in [3.05, 3.63) is 40.9 Å². The van der Waals surface area contributed by atoms with Crippen molar-refractivity contribution < 1.29 is 9.84 Å². The average molecular weight is 320 g/mol. The molecule has 0 saturated heterocycles. The minimum Gasteiger partial charge on any atom is -0.396 e. The Morgan fingerprint density at radius 1 is 1.32 bits per heavy atom. The summed E-state index contributed by atoms with van der Waals surface area (Å²) in [6.45, 7) is 5.50. The van der Waals surface area contributed by atoms with Crippen molar-refractivity contribution in [1.29, 1.82) is 0 Å². The minimum atomic E-state index is -0.239. The van der Waals surface area contributed by atoms with E-state index in [4.69, 9.17) is 4.74 Å². The SMILES string of the molecule is COCC(C)(CCO)NCc1csc(-c2ccc(C)cc2)n1. The zero-order valence-corrected chi connectivity index (χ0v) is 14.2. The van der Waals surface area contributed by atoms with Crippen molar-refractivity contribution in [3.8, 4) is 10.6 Å². The average Bonchev–Trinajstić information content (AvgIpc) is 2.96. The van der Waals surface area contributed by atoms with Crippen LogP contribution in [0.1, 0.15) is 24.6 Å². The predicted molar refractivity (Wildman–Crippen MR) is 91.1 cm³/mol. The summed E-state index contributed by atoms with van der Waals surface area (Å²) in [5.41, 5.74) is 3.18. The zero-order chi connectivity index (χ0) is 16.0. The molecule has 4 nitrogen and oxygen atoms in total. The molecule has 0 aliphatic rings. The van der Waals surface area contributed by atoms with Gasteiger partial charge < -0.3 is 15.2 Å². The predicted octanol–water partition coefficient (Wildman–Crippen LogP) is 3.00. The van der Waals surface area contributed by atoms with E-state index in [-0.39, 0.29) is 12.1 Å². The molecule has 1 aromatic carbocycles. The highest BCUT2D eigenvalue weighted by molar-refractivity contribution is 7.13. The summed E-state index contributed by atoms with van der Waals surface area (Å²) in [7, 11) is 1.68. The Morgan fingerprint density at radius 3 is 2.68 bits per heavy atom. The fourth-order valence-corrected chi connectivity index (χ4v) is 3.12. The van der Waals surface area contributed by atoms with Gasteiger partial charge in [-0.15, -0.1) is 11.3 Å². The Bertz CT molecular complexity index is 575. The minimum absolute atomic E-state index is 0.137. The molecule has 0 amide bonds. The van der Waals surface area contributed by atoms with E-state index in [1.165, 1.54) is 5.56 Å². The summed E-state index contributed by atoms with van der Waals surface area (Å²) < 4.78 is 5.24. The molecule has 22 heavy (non-hydrogen) atoms. The lowest BCUT2D eigenvalue weighted by molar-refractivity contribution is 0.0968.